The quantitative estimate of drug-likeness (QED) is 0.768. The van der Waals surface area contributed by atoms with Gasteiger partial charge >= 0.3 is 5.97 Å². The lowest BCUT2D eigenvalue weighted by Gasteiger charge is -2.18. The fraction of sp³-hybridized carbons (Fsp3) is 0.250. The van der Waals surface area contributed by atoms with E-state index in [9.17, 15) is 9.90 Å². The molecular formula is C12H12N2O2. The minimum atomic E-state index is -0.862. The van der Waals surface area contributed by atoms with Crippen LogP contribution in [0.15, 0.2) is 24.3 Å². The maximum atomic E-state index is 11.3. The molecule has 1 aromatic heterocycles. The van der Waals surface area contributed by atoms with E-state index < -0.39 is 5.97 Å². The number of hydrogen-bond donors (Lipinski definition) is 2. The number of rotatable bonds is 1. The van der Waals surface area contributed by atoms with Gasteiger partial charge in [-0.2, -0.15) is 0 Å². The number of nitrogens with zero attached hydrogens (tertiary/aromatic N) is 1. The zero-order chi connectivity index (χ0) is 11.1. The standard InChI is InChI=1S/C12H12N2O2/c15-12(16)10-8-4-1-2-5-9(8)14-7-3-6-13-11(10)14/h1-2,4-5,13H,3,6-7H2,(H,15,16). The van der Waals surface area contributed by atoms with Crippen LogP contribution in [0.5, 0.6) is 0 Å². The van der Waals surface area contributed by atoms with E-state index >= 15 is 0 Å². The van der Waals surface area contributed by atoms with E-state index in [1.54, 1.807) is 0 Å². The summed E-state index contributed by atoms with van der Waals surface area (Å²) < 4.78 is 2.06. The van der Waals surface area contributed by atoms with Crippen molar-refractivity contribution < 1.29 is 9.90 Å². The Hall–Kier alpha value is -1.97. The van der Waals surface area contributed by atoms with Crippen LogP contribution in [-0.2, 0) is 6.54 Å². The molecule has 3 rings (SSSR count). The van der Waals surface area contributed by atoms with Crippen LogP contribution in [-0.4, -0.2) is 22.2 Å². The molecule has 1 aromatic carbocycles. The van der Waals surface area contributed by atoms with Crippen LogP contribution in [0, 0.1) is 0 Å². The van der Waals surface area contributed by atoms with Crippen LogP contribution in [0.2, 0.25) is 0 Å². The van der Waals surface area contributed by atoms with E-state index in [0.717, 1.165) is 36.2 Å². The van der Waals surface area contributed by atoms with Gasteiger partial charge in [0.1, 0.15) is 11.4 Å². The summed E-state index contributed by atoms with van der Waals surface area (Å²) in [5, 5.41) is 13.3. The molecule has 4 nitrogen and oxygen atoms in total. The van der Waals surface area contributed by atoms with Crippen molar-refractivity contribution in [1.29, 1.82) is 0 Å². The molecule has 1 aliphatic heterocycles. The number of anilines is 1. The number of carbonyl (C=O) groups is 1. The van der Waals surface area contributed by atoms with E-state index in [-0.39, 0.29) is 0 Å². The Morgan fingerprint density at radius 1 is 1.38 bits per heavy atom. The van der Waals surface area contributed by atoms with E-state index in [0.29, 0.717) is 5.56 Å². The molecule has 0 spiro atoms. The Bertz CT molecular complexity index is 572. The van der Waals surface area contributed by atoms with E-state index in [1.807, 2.05) is 24.3 Å². The molecule has 0 aliphatic carbocycles. The highest BCUT2D eigenvalue weighted by Gasteiger charge is 2.23. The second kappa shape index (κ2) is 3.27. The molecule has 0 saturated carbocycles. The van der Waals surface area contributed by atoms with Crippen molar-refractivity contribution in [3.63, 3.8) is 0 Å². The molecule has 0 unspecified atom stereocenters. The molecule has 16 heavy (non-hydrogen) atoms. The Balaban J connectivity index is 2.41. The minimum Gasteiger partial charge on any atom is -0.478 e. The Kier molecular flexibility index (Phi) is 1.89. The summed E-state index contributed by atoms with van der Waals surface area (Å²) in [7, 11) is 0. The van der Waals surface area contributed by atoms with Crippen LogP contribution < -0.4 is 5.32 Å². The molecule has 0 radical (unpaired) electrons. The molecule has 0 atom stereocenters. The van der Waals surface area contributed by atoms with Gasteiger partial charge < -0.3 is 15.0 Å². The van der Waals surface area contributed by atoms with Crippen molar-refractivity contribution in [3.05, 3.63) is 29.8 Å². The van der Waals surface area contributed by atoms with Crippen LogP contribution in [0.4, 0.5) is 5.82 Å². The number of aryl methyl sites for hydroxylation is 1. The molecule has 0 saturated heterocycles. The SMILES string of the molecule is O=C(O)c1c2n(c3ccccc13)CCCN2. The van der Waals surface area contributed by atoms with Gasteiger partial charge in [0.05, 0.1) is 5.52 Å². The van der Waals surface area contributed by atoms with Gasteiger partial charge in [0.15, 0.2) is 0 Å². The molecule has 2 heterocycles. The van der Waals surface area contributed by atoms with Crippen molar-refractivity contribution in [3.8, 4) is 0 Å². The number of aromatic carboxylic acids is 1. The summed E-state index contributed by atoms with van der Waals surface area (Å²) in [6.45, 7) is 1.73. The first-order valence-corrected chi connectivity index (χ1v) is 5.37. The first-order chi connectivity index (χ1) is 7.79. The first-order valence-electron chi connectivity index (χ1n) is 5.37. The summed E-state index contributed by atoms with van der Waals surface area (Å²) in [6, 6.07) is 7.65. The van der Waals surface area contributed by atoms with Gasteiger partial charge in [-0.25, -0.2) is 4.79 Å². The molecular weight excluding hydrogens is 204 g/mol. The first kappa shape index (κ1) is 9.27. The highest BCUT2D eigenvalue weighted by Crippen LogP contribution is 2.32. The summed E-state index contributed by atoms with van der Waals surface area (Å²) in [6.07, 6.45) is 1.03. The summed E-state index contributed by atoms with van der Waals surface area (Å²) in [5.41, 5.74) is 1.40. The fourth-order valence-corrected chi connectivity index (χ4v) is 2.38. The number of para-hydroxylation sites is 1. The van der Waals surface area contributed by atoms with Crippen molar-refractivity contribution >= 4 is 22.7 Å². The van der Waals surface area contributed by atoms with Gasteiger partial charge in [0.2, 0.25) is 0 Å². The predicted molar refractivity (Wildman–Crippen MR) is 62.0 cm³/mol. The van der Waals surface area contributed by atoms with Crippen LogP contribution in [0.3, 0.4) is 0 Å². The van der Waals surface area contributed by atoms with Crippen molar-refractivity contribution in [2.45, 2.75) is 13.0 Å². The predicted octanol–water partition coefficient (Wildman–Crippen LogP) is 2.16. The molecule has 0 amide bonds. The fourth-order valence-electron chi connectivity index (χ4n) is 2.38. The van der Waals surface area contributed by atoms with E-state index in [2.05, 4.69) is 9.88 Å². The molecule has 0 fully saturated rings. The van der Waals surface area contributed by atoms with Crippen LogP contribution in [0.1, 0.15) is 16.8 Å². The maximum absolute atomic E-state index is 11.3. The summed E-state index contributed by atoms with van der Waals surface area (Å²) in [4.78, 5) is 11.3. The second-order valence-electron chi connectivity index (χ2n) is 3.98. The van der Waals surface area contributed by atoms with Gasteiger partial charge in [0.25, 0.3) is 0 Å². The van der Waals surface area contributed by atoms with Gasteiger partial charge in [-0.1, -0.05) is 18.2 Å². The van der Waals surface area contributed by atoms with Gasteiger partial charge in [-0.15, -0.1) is 0 Å². The number of hydrogen-bond acceptors (Lipinski definition) is 2. The summed E-state index contributed by atoms with van der Waals surface area (Å²) in [5.74, 6) is -0.112. The van der Waals surface area contributed by atoms with Gasteiger partial charge in [-0.3, -0.25) is 0 Å². The maximum Gasteiger partial charge on any atom is 0.340 e. The molecule has 4 heteroatoms. The average molecular weight is 216 g/mol. The van der Waals surface area contributed by atoms with Crippen molar-refractivity contribution in [2.24, 2.45) is 0 Å². The number of nitrogens with one attached hydrogen (secondary N) is 1. The lowest BCUT2D eigenvalue weighted by molar-refractivity contribution is 0.0700. The second-order valence-corrected chi connectivity index (χ2v) is 3.98. The molecule has 2 aromatic rings. The zero-order valence-electron chi connectivity index (χ0n) is 8.73. The van der Waals surface area contributed by atoms with Gasteiger partial charge in [0, 0.05) is 18.5 Å². The smallest absolute Gasteiger partial charge is 0.340 e. The number of benzene rings is 1. The molecule has 82 valence electrons. The third-order valence-corrected chi connectivity index (χ3v) is 3.04. The number of fused-ring (bicyclic) bond motifs is 3. The highest BCUT2D eigenvalue weighted by molar-refractivity contribution is 6.09. The lowest BCUT2D eigenvalue weighted by atomic mass is 10.1. The van der Waals surface area contributed by atoms with E-state index in [1.165, 1.54) is 0 Å². The number of carboxylic acids is 1. The Morgan fingerprint density at radius 3 is 3.00 bits per heavy atom. The normalized spacial score (nSPS) is 14.5. The third-order valence-electron chi connectivity index (χ3n) is 3.04. The largest absolute Gasteiger partial charge is 0.478 e. The number of aromatic nitrogens is 1. The van der Waals surface area contributed by atoms with Gasteiger partial charge in [-0.05, 0) is 12.5 Å². The number of carboxylic acid groups (broad SMARTS) is 1. The zero-order valence-corrected chi connectivity index (χ0v) is 8.73. The third kappa shape index (κ3) is 1.13. The average Bonchev–Trinajstić information content (AvgIpc) is 2.63. The van der Waals surface area contributed by atoms with Crippen LogP contribution in [0.25, 0.3) is 10.9 Å². The van der Waals surface area contributed by atoms with E-state index in [4.69, 9.17) is 0 Å². The Labute approximate surface area is 92.5 Å². The van der Waals surface area contributed by atoms with Crippen molar-refractivity contribution in [1.82, 2.24) is 4.57 Å². The Morgan fingerprint density at radius 2 is 2.19 bits per heavy atom. The molecule has 2 N–H and O–H groups in total. The minimum absolute atomic E-state index is 0.398. The monoisotopic (exact) mass is 216 g/mol. The van der Waals surface area contributed by atoms with Crippen LogP contribution >= 0.6 is 0 Å². The topological polar surface area (TPSA) is 54.3 Å². The highest BCUT2D eigenvalue weighted by atomic mass is 16.4. The molecule has 1 aliphatic rings. The van der Waals surface area contributed by atoms with Crippen molar-refractivity contribution in [2.75, 3.05) is 11.9 Å². The lowest BCUT2D eigenvalue weighted by Crippen LogP contribution is -2.18. The summed E-state index contributed by atoms with van der Waals surface area (Å²) >= 11 is 0. The molecule has 0 bridgehead atoms.